The van der Waals surface area contributed by atoms with Crippen molar-refractivity contribution in [2.75, 3.05) is 13.6 Å². The van der Waals surface area contributed by atoms with E-state index < -0.39 is 0 Å². The van der Waals surface area contributed by atoms with E-state index in [1.54, 1.807) is 12.8 Å². The molecule has 0 aliphatic heterocycles. The molecule has 0 heterocycles. The lowest BCUT2D eigenvalue weighted by molar-refractivity contribution is 0.174. The van der Waals surface area contributed by atoms with Crippen LogP contribution in [0.5, 0.6) is 0 Å². The molecule has 1 nitrogen and oxygen atoms in total. The van der Waals surface area contributed by atoms with Crippen molar-refractivity contribution in [3.05, 3.63) is 0 Å². The second-order valence-corrected chi connectivity index (χ2v) is 11.3. The standard InChI is InChI=1S/C27H51N/c1-5-23-12-10-8-6-7-9-11-13-24(22(23)3)19-26-20-27(26,16-17-28-4)25-15-14-21(2)18-25/h21-26,28H,5-20H2,1-4H3. The monoisotopic (exact) mass is 389 g/mol. The fraction of sp³-hybridized carbons (Fsp3) is 1.00. The summed E-state index contributed by atoms with van der Waals surface area (Å²) in [5.41, 5.74) is 0.724. The zero-order valence-electron chi connectivity index (χ0n) is 19.8. The van der Waals surface area contributed by atoms with Gasteiger partial charge in [0.25, 0.3) is 0 Å². The number of nitrogens with one attached hydrogen (secondary N) is 1. The van der Waals surface area contributed by atoms with Crippen LogP contribution in [0, 0.1) is 40.9 Å². The second-order valence-electron chi connectivity index (χ2n) is 11.3. The third-order valence-corrected chi connectivity index (χ3v) is 9.63. The van der Waals surface area contributed by atoms with Gasteiger partial charge in [0.1, 0.15) is 0 Å². The summed E-state index contributed by atoms with van der Waals surface area (Å²) >= 11 is 0. The van der Waals surface area contributed by atoms with E-state index >= 15 is 0 Å². The van der Waals surface area contributed by atoms with Crippen LogP contribution in [0.4, 0.5) is 0 Å². The Morgan fingerprint density at radius 2 is 1.54 bits per heavy atom. The Balaban J connectivity index is 1.65. The molecule has 0 saturated heterocycles. The molecular formula is C27H51N. The molecule has 3 fully saturated rings. The highest BCUT2D eigenvalue weighted by Gasteiger charge is 2.58. The van der Waals surface area contributed by atoms with E-state index in [1.165, 1.54) is 90.0 Å². The van der Waals surface area contributed by atoms with Crippen molar-refractivity contribution < 1.29 is 0 Å². The van der Waals surface area contributed by atoms with Gasteiger partial charge in [0.15, 0.2) is 0 Å². The van der Waals surface area contributed by atoms with Gasteiger partial charge in [0.2, 0.25) is 0 Å². The molecule has 1 N–H and O–H groups in total. The lowest BCUT2D eigenvalue weighted by atomic mass is 9.73. The topological polar surface area (TPSA) is 12.0 Å². The summed E-state index contributed by atoms with van der Waals surface area (Å²) in [6.07, 6.45) is 22.5. The minimum atomic E-state index is 0.724. The van der Waals surface area contributed by atoms with E-state index in [-0.39, 0.29) is 0 Å². The Bertz CT molecular complexity index is 446. The first-order valence-electron chi connectivity index (χ1n) is 13.2. The average molecular weight is 390 g/mol. The number of rotatable bonds is 7. The van der Waals surface area contributed by atoms with Gasteiger partial charge in [-0.05, 0) is 86.6 Å². The quantitative estimate of drug-likeness (QED) is 0.467. The lowest BCUT2D eigenvalue weighted by Crippen LogP contribution is -2.25. The highest BCUT2D eigenvalue weighted by atomic mass is 14.8. The molecule has 0 radical (unpaired) electrons. The Morgan fingerprint density at radius 1 is 0.857 bits per heavy atom. The van der Waals surface area contributed by atoms with Crippen LogP contribution in [0.2, 0.25) is 0 Å². The fourth-order valence-corrected chi connectivity index (χ4v) is 7.52. The third kappa shape index (κ3) is 5.55. The van der Waals surface area contributed by atoms with Crippen molar-refractivity contribution in [2.45, 2.75) is 117 Å². The van der Waals surface area contributed by atoms with Gasteiger partial charge in [-0.15, -0.1) is 0 Å². The molecule has 3 aliphatic carbocycles. The van der Waals surface area contributed by atoms with Gasteiger partial charge >= 0.3 is 0 Å². The van der Waals surface area contributed by atoms with Gasteiger partial charge in [-0.2, -0.15) is 0 Å². The zero-order valence-corrected chi connectivity index (χ0v) is 19.8. The molecule has 1 heteroatoms. The van der Waals surface area contributed by atoms with Crippen LogP contribution in [0.15, 0.2) is 0 Å². The zero-order chi connectivity index (χ0) is 20.0. The van der Waals surface area contributed by atoms with E-state index in [9.17, 15) is 0 Å². The molecule has 7 atom stereocenters. The summed E-state index contributed by atoms with van der Waals surface area (Å²) < 4.78 is 0. The van der Waals surface area contributed by atoms with Gasteiger partial charge in [0, 0.05) is 0 Å². The van der Waals surface area contributed by atoms with Crippen molar-refractivity contribution in [3.63, 3.8) is 0 Å². The highest BCUT2D eigenvalue weighted by molar-refractivity contribution is 5.08. The van der Waals surface area contributed by atoms with E-state index in [4.69, 9.17) is 0 Å². The van der Waals surface area contributed by atoms with Gasteiger partial charge in [-0.1, -0.05) is 85.0 Å². The van der Waals surface area contributed by atoms with Crippen molar-refractivity contribution in [1.29, 1.82) is 0 Å². The van der Waals surface area contributed by atoms with E-state index in [2.05, 4.69) is 33.1 Å². The lowest BCUT2D eigenvalue weighted by Gasteiger charge is -2.33. The van der Waals surface area contributed by atoms with E-state index in [1.807, 2.05) is 0 Å². The van der Waals surface area contributed by atoms with Crippen LogP contribution < -0.4 is 5.32 Å². The molecule has 0 bridgehead atoms. The maximum absolute atomic E-state index is 3.49. The van der Waals surface area contributed by atoms with Gasteiger partial charge in [-0.25, -0.2) is 0 Å². The van der Waals surface area contributed by atoms with Crippen LogP contribution in [0.3, 0.4) is 0 Å². The van der Waals surface area contributed by atoms with Crippen molar-refractivity contribution in [1.82, 2.24) is 5.32 Å². The van der Waals surface area contributed by atoms with Crippen LogP contribution in [-0.4, -0.2) is 13.6 Å². The molecule has 0 aromatic heterocycles. The normalized spacial score (nSPS) is 42.9. The molecule has 28 heavy (non-hydrogen) atoms. The molecule has 3 rings (SSSR count). The van der Waals surface area contributed by atoms with Gasteiger partial charge in [-0.3, -0.25) is 0 Å². The third-order valence-electron chi connectivity index (χ3n) is 9.63. The minimum absolute atomic E-state index is 0.724. The Labute approximate surface area is 177 Å². The molecule has 3 saturated carbocycles. The van der Waals surface area contributed by atoms with Crippen LogP contribution in [-0.2, 0) is 0 Å². The summed E-state index contributed by atoms with van der Waals surface area (Å²) in [4.78, 5) is 0. The van der Waals surface area contributed by atoms with Gasteiger partial charge in [0.05, 0.1) is 0 Å². The maximum atomic E-state index is 3.49. The summed E-state index contributed by atoms with van der Waals surface area (Å²) in [6.45, 7) is 8.85. The Hall–Kier alpha value is -0.0400. The smallest absolute Gasteiger partial charge is 0.00464 e. The predicted octanol–water partition coefficient (Wildman–Crippen LogP) is 7.84. The maximum Gasteiger partial charge on any atom is -0.00464 e. The van der Waals surface area contributed by atoms with Gasteiger partial charge < -0.3 is 5.32 Å². The van der Waals surface area contributed by atoms with Crippen LogP contribution in [0.1, 0.15) is 117 Å². The van der Waals surface area contributed by atoms with Crippen molar-refractivity contribution >= 4 is 0 Å². The first kappa shape index (κ1) is 22.6. The summed E-state index contributed by atoms with van der Waals surface area (Å²) in [7, 11) is 2.15. The summed E-state index contributed by atoms with van der Waals surface area (Å²) in [5, 5.41) is 3.49. The molecule has 0 aromatic carbocycles. The van der Waals surface area contributed by atoms with Crippen LogP contribution >= 0.6 is 0 Å². The SMILES string of the molecule is CCC1CCCCCCCCC(CC2CC2(CCNC)C2CCC(C)C2)C1C. The molecule has 7 unspecified atom stereocenters. The molecule has 0 spiro atoms. The molecular weight excluding hydrogens is 338 g/mol. The van der Waals surface area contributed by atoms with Crippen LogP contribution in [0.25, 0.3) is 0 Å². The van der Waals surface area contributed by atoms with Crippen molar-refractivity contribution in [2.24, 2.45) is 40.9 Å². The predicted molar refractivity (Wildman–Crippen MR) is 124 cm³/mol. The first-order chi connectivity index (χ1) is 13.6. The molecule has 0 amide bonds. The molecule has 0 aromatic rings. The number of hydrogen-bond acceptors (Lipinski definition) is 1. The van der Waals surface area contributed by atoms with E-state index in [0.29, 0.717) is 0 Å². The highest BCUT2D eigenvalue weighted by Crippen LogP contribution is 2.67. The minimum Gasteiger partial charge on any atom is -0.320 e. The fourth-order valence-electron chi connectivity index (χ4n) is 7.52. The average Bonchev–Trinajstić information content (AvgIpc) is 3.22. The van der Waals surface area contributed by atoms with E-state index in [0.717, 1.165) is 40.9 Å². The molecule has 164 valence electrons. The second kappa shape index (κ2) is 10.8. The number of hydrogen-bond donors (Lipinski definition) is 1. The largest absolute Gasteiger partial charge is 0.320 e. The Morgan fingerprint density at radius 3 is 2.14 bits per heavy atom. The summed E-state index contributed by atoms with van der Waals surface area (Å²) in [6, 6.07) is 0. The first-order valence-corrected chi connectivity index (χ1v) is 13.2. The Kier molecular flexibility index (Phi) is 8.76. The summed E-state index contributed by atoms with van der Waals surface area (Å²) in [5.74, 6) is 6.02. The molecule has 3 aliphatic rings. The van der Waals surface area contributed by atoms with Crippen molar-refractivity contribution in [3.8, 4) is 0 Å².